The van der Waals surface area contributed by atoms with Gasteiger partial charge in [0.25, 0.3) is 0 Å². The van der Waals surface area contributed by atoms with E-state index in [2.05, 4.69) is 27.7 Å². The second kappa shape index (κ2) is 73.4. The number of unbranched alkanes of at least 4 members (excludes halogenated alkanes) is 52. The highest BCUT2D eigenvalue weighted by Gasteiger charge is 2.31. The Kier molecular flexibility index (Phi) is 73.2. The molecule has 6 N–H and O–H groups in total. The maximum atomic E-state index is 13.4. The van der Waals surface area contributed by atoms with Crippen LogP contribution in [0.5, 0.6) is 0 Å². The van der Waals surface area contributed by atoms with Gasteiger partial charge in [-0.1, -0.05) is 411 Å². The number of hydrogen-bond acceptors (Lipinski definition) is 12. The van der Waals surface area contributed by atoms with E-state index < -0.39 is 46.9 Å². The van der Waals surface area contributed by atoms with E-state index >= 15 is 0 Å². The maximum Gasteiger partial charge on any atom is 0.220 e. The van der Waals surface area contributed by atoms with Crippen LogP contribution in [0, 0.1) is 0 Å². The lowest BCUT2D eigenvalue weighted by atomic mass is 10.0. The monoisotopic (exact) mass is 1340 g/mol. The Hall–Kier alpha value is -0.280. The Morgan fingerprint density at radius 2 is 0.380 bits per heavy atom. The normalized spacial score (nSPS) is 14.0. The van der Waals surface area contributed by atoms with Crippen molar-refractivity contribution in [3.05, 3.63) is 0 Å². The van der Waals surface area contributed by atoms with E-state index in [0.29, 0.717) is 76.5 Å². The molecule has 0 fully saturated rings. The second-order valence-electron chi connectivity index (χ2n) is 28.9. The summed E-state index contributed by atoms with van der Waals surface area (Å²) in [5, 5.41) is 65.6. The highest BCUT2D eigenvalue weighted by Crippen LogP contribution is 2.22. The summed E-state index contributed by atoms with van der Waals surface area (Å²) in [6, 6.07) is 0. The number of aliphatic hydroxyl groups excluding tert-OH is 6. The van der Waals surface area contributed by atoms with Crippen molar-refractivity contribution in [3.63, 3.8) is 0 Å². The standard InChI is InChI=1S/C80H160N2O8S2/c1-5-9-13-17-21-25-29-33-37-41-45-49-53-57-61-73(83)69-81(70-74(84)62-58-54-50-46-42-38-34-30-26-22-18-14-10-6-2)65-67-91-79(89)77(87)78(88)80(90)92-68-66-82(71-75(85)63-59-55-51-47-43-39-35-31-27-23-19-15-11-7-3)72-76(86)64-60-56-52-48-44-40-36-32-28-24-20-16-12-8-4/h73-78,83-88H,5-72H2,1-4H3. The summed E-state index contributed by atoms with van der Waals surface area (Å²) in [5.41, 5.74) is 0. The Morgan fingerprint density at radius 1 is 0.239 bits per heavy atom. The van der Waals surface area contributed by atoms with Gasteiger partial charge in [-0.15, -0.1) is 0 Å². The van der Waals surface area contributed by atoms with Crippen molar-refractivity contribution in [2.75, 3.05) is 50.8 Å². The molecule has 0 radical (unpaired) electrons. The van der Waals surface area contributed by atoms with Crippen molar-refractivity contribution < 1.29 is 40.2 Å². The highest BCUT2D eigenvalue weighted by atomic mass is 32.2. The van der Waals surface area contributed by atoms with Gasteiger partial charge in [-0.05, 0) is 25.7 Å². The van der Waals surface area contributed by atoms with Gasteiger partial charge in [-0.2, -0.15) is 0 Å². The fourth-order valence-corrected chi connectivity index (χ4v) is 15.0. The van der Waals surface area contributed by atoms with Gasteiger partial charge in [0, 0.05) is 50.8 Å². The first-order valence-corrected chi connectivity index (χ1v) is 42.8. The van der Waals surface area contributed by atoms with E-state index in [4.69, 9.17) is 0 Å². The quantitative estimate of drug-likeness (QED) is 0.0320. The fourth-order valence-electron chi connectivity index (χ4n) is 13.3. The van der Waals surface area contributed by atoms with Gasteiger partial charge >= 0.3 is 0 Å². The third kappa shape index (κ3) is 65.6. The molecule has 0 saturated carbocycles. The predicted octanol–water partition coefficient (Wildman–Crippen LogP) is 21.8. The molecule has 0 spiro atoms. The number of carbonyl (C=O) groups is 2. The zero-order chi connectivity index (χ0) is 67.3. The van der Waals surface area contributed by atoms with E-state index in [1.165, 1.54) is 308 Å². The van der Waals surface area contributed by atoms with Gasteiger partial charge in [0.05, 0.1) is 24.4 Å². The molecule has 10 nitrogen and oxygen atoms in total. The van der Waals surface area contributed by atoms with E-state index in [9.17, 15) is 40.2 Å². The summed E-state index contributed by atoms with van der Waals surface area (Å²) >= 11 is 1.78. The molecule has 12 heteroatoms. The first kappa shape index (κ1) is 91.7. The Morgan fingerprint density at radius 3 is 0.533 bits per heavy atom. The summed E-state index contributed by atoms with van der Waals surface area (Å²) in [6.45, 7) is 11.5. The zero-order valence-corrected chi connectivity index (χ0v) is 63.4. The lowest BCUT2D eigenvalue weighted by molar-refractivity contribution is -0.133. The van der Waals surface area contributed by atoms with Crippen LogP contribution >= 0.6 is 23.5 Å². The minimum atomic E-state index is -1.87. The van der Waals surface area contributed by atoms with E-state index in [1.807, 2.05) is 9.80 Å². The lowest BCUT2D eigenvalue weighted by Crippen LogP contribution is -2.41. The molecular weight excluding hydrogens is 1180 g/mol. The van der Waals surface area contributed by atoms with Crippen LogP contribution in [0.3, 0.4) is 0 Å². The van der Waals surface area contributed by atoms with Gasteiger partial charge in [-0.3, -0.25) is 19.4 Å². The summed E-state index contributed by atoms with van der Waals surface area (Å²) in [4.78, 5) is 30.8. The molecule has 0 aromatic heterocycles. The third-order valence-corrected chi connectivity index (χ3v) is 21.4. The molecule has 0 aliphatic rings. The van der Waals surface area contributed by atoms with Crippen LogP contribution < -0.4 is 0 Å². The van der Waals surface area contributed by atoms with Crippen LogP contribution in [0.2, 0.25) is 0 Å². The first-order valence-electron chi connectivity index (χ1n) is 40.8. The minimum absolute atomic E-state index is 0.291. The molecule has 0 aliphatic heterocycles. The van der Waals surface area contributed by atoms with Crippen molar-refractivity contribution in [1.29, 1.82) is 0 Å². The van der Waals surface area contributed by atoms with E-state index in [1.54, 1.807) is 0 Å². The van der Waals surface area contributed by atoms with Gasteiger partial charge in [0.1, 0.15) is 0 Å². The van der Waals surface area contributed by atoms with Crippen LogP contribution in [0.25, 0.3) is 0 Å². The van der Waals surface area contributed by atoms with Crippen molar-refractivity contribution in [3.8, 4) is 0 Å². The second-order valence-corrected chi connectivity index (χ2v) is 31.1. The minimum Gasteiger partial charge on any atom is -0.392 e. The van der Waals surface area contributed by atoms with Gasteiger partial charge in [0.15, 0.2) is 12.2 Å². The molecule has 0 rings (SSSR count). The molecule has 0 saturated heterocycles. The number of hydrogen-bond donors (Lipinski definition) is 6. The average molecular weight is 1340 g/mol. The number of thioether (sulfide) groups is 2. The van der Waals surface area contributed by atoms with Crippen molar-refractivity contribution >= 4 is 33.8 Å². The van der Waals surface area contributed by atoms with Crippen LogP contribution in [0.15, 0.2) is 0 Å². The van der Waals surface area contributed by atoms with Gasteiger partial charge in [0.2, 0.25) is 10.2 Å². The molecule has 92 heavy (non-hydrogen) atoms. The van der Waals surface area contributed by atoms with Crippen molar-refractivity contribution in [2.45, 2.75) is 450 Å². The molecule has 0 amide bonds. The molecular formula is C80H160N2O8S2. The molecule has 0 aliphatic carbocycles. The zero-order valence-electron chi connectivity index (χ0n) is 61.8. The van der Waals surface area contributed by atoms with Crippen LogP contribution in [0.4, 0.5) is 0 Å². The number of aliphatic hydroxyl groups is 6. The summed E-state index contributed by atoms with van der Waals surface area (Å²) < 4.78 is 0. The highest BCUT2D eigenvalue weighted by molar-refractivity contribution is 8.14. The molecule has 0 aromatic carbocycles. The van der Waals surface area contributed by atoms with Crippen LogP contribution in [-0.4, -0.2) is 138 Å². The maximum absolute atomic E-state index is 13.4. The Bertz CT molecular complexity index is 1300. The summed E-state index contributed by atoms with van der Waals surface area (Å²) in [6.07, 6.45) is 68.7. The summed E-state index contributed by atoms with van der Waals surface area (Å²) in [5.74, 6) is 0.582. The molecule has 0 heterocycles. The molecule has 6 atom stereocenters. The summed E-state index contributed by atoms with van der Waals surface area (Å²) in [7, 11) is 0. The van der Waals surface area contributed by atoms with Gasteiger partial charge in [-0.25, -0.2) is 0 Å². The molecule has 6 unspecified atom stereocenters. The van der Waals surface area contributed by atoms with E-state index in [0.717, 1.165) is 74.9 Å². The molecule has 0 aromatic rings. The topological polar surface area (TPSA) is 162 Å². The van der Waals surface area contributed by atoms with Crippen LogP contribution in [0.1, 0.15) is 413 Å². The molecule has 0 bridgehead atoms. The number of carbonyl (C=O) groups excluding carboxylic acids is 2. The van der Waals surface area contributed by atoms with Gasteiger partial charge < -0.3 is 30.6 Å². The third-order valence-electron chi connectivity index (χ3n) is 19.5. The Labute approximate surface area is 580 Å². The van der Waals surface area contributed by atoms with Crippen LogP contribution in [-0.2, 0) is 9.59 Å². The number of nitrogens with zero attached hydrogens (tertiary/aromatic N) is 2. The smallest absolute Gasteiger partial charge is 0.220 e. The van der Waals surface area contributed by atoms with Crippen molar-refractivity contribution in [1.82, 2.24) is 9.80 Å². The predicted molar refractivity (Wildman–Crippen MR) is 404 cm³/mol. The average Bonchev–Trinajstić information content (AvgIpc) is 3.20. The lowest BCUT2D eigenvalue weighted by Gasteiger charge is -2.27. The number of rotatable bonds is 77. The van der Waals surface area contributed by atoms with Crippen molar-refractivity contribution in [2.24, 2.45) is 0 Å². The SMILES string of the molecule is CCCCCCCCCCCCCCCCC(O)CN(CCSC(=O)C(O)C(O)C(=O)SCCN(CC(O)CCCCCCCCCCCCCCCC)CC(O)CCCCCCCCCCCCCCCC)CC(O)CCCCCCCCCCCCCCCC. The Balaban J connectivity index is 5.23. The largest absolute Gasteiger partial charge is 0.392 e. The molecule has 550 valence electrons. The fraction of sp³-hybridized carbons (Fsp3) is 0.975. The van der Waals surface area contributed by atoms with E-state index in [-0.39, 0.29) is 0 Å². The first-order chi connectivity index (χ1) is 45.0.